The number of halogens is 1. The molecule has 7 heteroatoms. The zero-order chi connectivity index (χ0) is 19.2. The second-order valence-corrected chi connectivity index (χ2v) is 7.26. The first-order valence-electron chi connectivity index (χ1n) is 8.17. The maximum Gasteiger partial charge on any atom is 0.264 e. The quantitative estimate of drug-likeness (QED) is 0.660. The Morgan fingerprint density at radius 3 is 2.70 bits per heavy atom. The summed E-state index contributed by atoms with van der Waals surface area (Å²) in [5.41, 5.74) is 2.42. The number of thiazole rings is 1. The Morgan fingerprint density at radius 1 is 1.26 bits per heavy atom. The summed E-state index contributed by atoms with van der Waals surface area (Å²) in [5, 5.41) is 12.8. The zero-order valence-corrected chi connectivity index (χ0v) is 16.1. The minimum absolute atomic E-state index is 0.135. The lowest BCUT2D eigenvalue weighted by atomic mass is 10.1. The van der Waals surface area contributed by atoms with Crippen LogP contribution in [0.1, 0.15) is 21.7 Å². The first-order valence-corrected chi connectivity index (χ1v) is 9.37. The van der Waals surface area contributed by atoms with E-state index in [9.17, 15) is 4.79 Å². The van der Waals surface area contributed by atoms with Crippen LogP contribution in [-0.2, 0) is 11.2 Å². The fourth-order valence-corrected chi connectivity index (χ4v) is 3.59. The molecule has 3 rings (SSSR count). The maximum atomic E-state index is 12.1. The van der Waals surface area contributed by atoms with Crippen LogP contribution in [0.25, 0.3) is 0 Å². The van der Waals surface area contributed by atoms with E-state index >= 15 is 0 Å². The van der Waals surface area contributed by atoms with Gasteiger partial charge >= 0.3 is 0 Å². The number of amides is 1. The number of carbonyl (C=O) groups is 1. The number of hydrogen-bond acceptors (Lipinski definition) is 5. The summed E-state index contributed by atoms with van der Waals surface area (Å²) in [6.07, 6.45) is 0.667. The summed E-state index contributed by atoms with van der Waals surface area (Å²) in [7, 11) is 0. The SMILES string of the molecule is Cc1nc(NC(=O)COc2ccc(C#N)cc2)sc1Cc1ccccc1Cl. The maximum absolute atomic E-state index is 12.1. The van der Waals surface area contributed by atoms with Gasteiger partial charge < -0.3 is 4.74 Å². The van der Waals surface area contributed by atoms with Crippen LogP contribution in [0.2, 0.25) is 5.02 Å². The smallest absolute Gasteiger partial charge is 0.264 e. The molecular formula is C20H16ClN3O2S. The molecule has 0 radical (unpaired) electrons. The third-order valence-electron chi connectivity index (χ3n) is 3.80. The largest absolute Gasteiger partial charge is 0.484 e. The molecule has 0 bridgehead atoms. The van der Waals surface area contributed by atoms with Crippen LogP contribution in [0.4, 0.5) is 5.13 Å². The van der Waals surface area contributed by atoms with Gasteiger partial charge in [0.15, 0.2) is 11.7 Å². The molecule has 136 valence electrons. The number of nitrogens with one attached hydrogen (secondary N) is 1. The lowest BCUT2D eigenvalue weighted by Crippen LogP contribution is -2.20. The van der Waals surface area contributed by atoms with Crippen LogP contribution in [0, 0.1) is 18.3 Å². The van der Waals surface area contributed by atoms with E-state index in [1.165, 1.54) is 11.3 Å². The summed E-state index contributed by atoms with van der Waals surface area (Å²) < 4.78 is 5.43. The summed E-state index contributed by atoms with van der Waals surface area (Å²) >= 11 is 7.64. The predicted molar refractivity (Wildman–Crippen MR) is 106 cm³/mol. The molecule has 1 heterocycles. The van der Waals surface area contributed by atoms with E-state index in [-0.39, 0.29) is 12.5 Å². The molecule has 0 unspecified atom stereocenters. The zero-order valence-electron chi connectivity index (χ0n) is 14.5. The number of rotatable bonds is 6. The molecule has 1 aromatic heterocycles. The number of benzene rings is 2. The topological polar surface area (TPSA) is 75.0 Å². The van der Waals surface area contributed by atoms with E-state index in [2.05, 4.69) is 10.3 Å². The molecule has 0 fully saturated rings. The van der Waals surface area contributed by atoms with E-state index in [0.29, 0.717) is 27.9 Å². The molecule has 0 atom stereocenters. The van der Waals surface area contributed by atoms with Crippen molar-refractivity contribution in [3.05, 3.63) is 75.3 Å². The van der Waals surface area contributed by atoms with Crippen LogP contribution in [-0.4, -0.2) is 17.5 Å². The highest BCUT2D eigenvalue weighted by atomic mass is 35.5. The number of ether oxygens (including phenoxy) is 1. The van der Waals surface area contributed by atoms with Gasteiger partial charge in [0.05, 0.1) is 17.3 Å². The minimum atomic E-state index is -0.294. The average molecular weight is 398 g/mol. The Kier molecular flexibility index (Phi) is 6.07. The lowest BCUT2D eigenvalue weighted by molar-refractivity contribution is -0.118. The van der Waals surface area contributed by atoms with Gasteiger partial charge in [0.25, 0.3) is 5.91 Å². The molecule has 0 aliphatic rings. The second kappa shape index (κ2) is 8.67. The van der Waals surface area contributed by atoms with E-state index in [1.54, 1.807) is 24.3 Å². The molecule has 0 saturated heterocycles. The number of carbonyl (C=O) groups excluding carboxylic acids is 1. The van der Waals surface area contributed by atoms with E-state index < -0.39 is 0 Å². The number of hydrogen-bond donors (Lipinski definition) is 1. The first-order chi connectivity index (χ1) is 13.0. The summed E-state index contributed by atoms with van der Waals surface area (Å²) in [6, 6.07) is 16.3. The number of nitrogens with zero attached hydrogens (tertiary/aromatic N) is 2. The van der Waals surface area contributed by atoms with Crippen LogP contribution in [0.15, 0.2) is 48.5 Å². The van der Waals surface area contributed by atoms with Crippen molar-refractivity contribution in [2.24, 2.45) is 0 Å². The van der Waals surface area contributed by atoms with Crippen molar-refractivity contribution >= 4 is 34.0 Å². The third-order valence-corrected chi connectivity index (χ3v) is 5.24. The van der Waals surface area contributed by atoms with Gasteiger partial charge in [0, 0.05) is 16.3 Å². The molecule has 0 aliphatic heterocycles. The third kappa shape index (κ3) is 5.07. The van der Waals surface area contributed by atoms with Crippen molar-refractivity contribution in [2.75, 3.05) is 11.9 Å². The normalized spacial score (nSPS) is 10.3. The highest BCUT2D eigenvalue weighted by Gasteiger charge is 2.12. The molecule has 1 N–H and O–H groups in total. The van der Waals surface area contributed by atoms with Crippen molar-refractivity contribution in [1.29, 1.82) is 5.26 Å². The summed E-state index contributed by atoms with van der Waals surface area (Å²) in [5.74, 6) is 0.233. The van der Waals surface area contributed by atoms with Gasteiger partial charge in [0.1, 0.15) is 5.75 Å². The molecule has 0 saturated carbocycles. The van der Waals surface area contributed by atoms with Crippen molar-refractivity contribution in [3.8, 4) is 11.8 Å². The van der Waals surface area contributed by atoms with Crippen molar-refractivity contribution in [1.82, 2.24) is 4.98 Å². The lowest BCUT2D eigenvalue weighted by Gasteiger charge is -2.05. The number of aryl methyl sites for hydroxylation is 1. The van der Waals surface area contributed by atoms with Gasteiger partial charge in [-0.15, -0.1) is 11.3 Å². The van der Waals surface area contributed by atoms with Crippen molar-refractivity contribution in [2.45, 2.75) is 13.3 Å². The van der Waals surface area contributed by atoms with Crippen LogP contribution in [0.5, 0.6) is 5.75 Å². The molecule has 2 aromatic carbocycles. The van der Waals surface area contributed by atoms with Crippen LogP contribution in [0.3, 0.4) is 0 Å². The van der Waals surface area contributed by atoms with Gasteiger partial charge in [0.2, 0.25) is 0 Å². The number of nitriles is 1. The van der Waals surface area contributed by atoms with E-state index in [1.807, 2.05) is 37.3 Å². The Morgan fingerprint density at radius 2 is 2.00 bits per heavy atom. The van der Waals surface area contributed by atoms with Gasteiger partial charge in [-0.2, -0.15) is 5.26 Å². The monoisotopic (exact) mass is 397 g/mol. The van der Waals surface area contributed by atoms with Gasteiger partial charge in [-0.3, -0.25) is 10.1 Å². The Balaban J connectivity index is 1.58. The Hall–Kier alpha value is -2.88. The van der Waals surface area contributed by atoms with Gasteiger partial charge in [-0.25, -0.2) is 4.98 Å². The van der Waals surface area contributed by atoms with Gasteiger partial charge in [-0.1, -0.05) is 29.8 Å². The summed E-state index contributed by atoms with van der Waals surface area (Å²) in [4.78, 5) is 17.6. The molecule has 27 heavy (non-hydrogen) atoms. The average Bonchev–Trinajstić information content (AvgIpc) is 3.01. The first kappa shape index (κ1) is 18.9. The molecular weight excluding hydrogens is 382 g/mol. The molecule has 5 nitrogen and oxygen atoms in total. The fourth-order valence-electron chi connectivity index (χ4n) is 2.39. The predicted octanol–water partition coefficient (Wildman–Crippen LogP) is 4.58. The van der Waals surface area contributed by atoms with Gasteiger partial charge in [-0.05, 0) is 42.8 Å². The van der Waals surface area contributed by atoms with Crippen molar-refractivity contribution in [3.63, 3.8) is 0 Å². The number of anilines is 1. The molecule has 3 aromatic rings. The van der Waals surface area contributed by atoms with Crippen LogP contribution >= 0.6 is 22.9 Å². The van der Waals surface area contributed by atoms with E-state index in [4.69, 9.17) is 21.6 Å². The highest BCUT2D eigenvalue weighted by Crippen LogP contribution is 2.27. The fraction of sp³-hybridized carbons (Fsp3) is 0.150. The Bertz CT molecular complexity index is 993. The van der Waals surface area contributed by atoms with Crippen LogP contribution < -0.4 is 10.1 Å². The Labute approximate surface area is 166 Å². The molecule has 0 spiro atoms. The summed E-state index contributed by atoms with van der Waals surface area (Å²) in [6.45, 7) is 1.77. The molecule has 0 aliphatic carbocycles. The standard InChI is InChI=1S/C20H16ClN3O2S/c1-13-18(10-15-4-2-3-5-17(15)21)27-20(23-13)24-19(25)12-26-16-8-6-14(11-22)7-9-16/h2-9H,10,12H2,1H3,(H,23,24,25). The van der Waals surface area contributed by atoms with Crippen molar-refractivity contribution < 1.29 is 9.53 Å². The number of aromatic nitrogens is 1. The highest BCUT2D eigenvalue weighted by molar-refractivity contribution is 7.15. The molecule has 1 amide bonds. The minimum Gasteiger partial charge on any atom is -0.484 e. The second-order valence-electron chi connectivity index (χ2n) is 5.77. The van der Waals surface area contributed by atoms with E-state index in [0.717, 1.165) is 16.1 Å².